The van der Waals surface area contributed by atoms with Gasteiger partial charge in [-0.3, -0.25) is 0 Å². The Bertz CT molecular complexity index is 627. The Labute approximate surface area is 120 Å². The fourth-order valence-corrected chi connectivity index (χ4v) is 1.94. The van der Waals surface area contributed by atoms with Crippen molar-refractivity contribution in [2.75, 3.05) is 0 Å². The topological polar surface area (TPSA) is 90.2 Å². The number of hydrogen-bond acceptors (Lipinski definition) is 5. The molecule has 0 atom stereocenters. The first-order valence-corrected chi connectivity index (χ1v) is 6.14. The van der Waals surface area contributed by atoms with E-state index in [1.807, 2.05) is 0 Å². The largest absolute Gasteiger partial charge is 0.508 e. The van der Waals surface area contributed by atoms with Gasteiger partial charge in [0.15, 0.2) is 0 Å². The molecule has 0 fully saturated rings. The molecular weight excluding hydrogens is 284 g/mol. The third kappa shape index (κ3) is 3.26. The molecule has 0 unspecified atom stereocenters. The van der Waals surface area contributed by atoms with Crippen molar-refractivity contribution in [3.05, 3.63) is 46.5 Å². The first-order chi connectivity index (χ1) is 9.47. The average Bonchev–Trinajstić information content (AvgIpc) is 2.39. The van der Waals surface area contributed by atoms with Crippen molar-refractivity contribution >= 4 is 11.6 Å². The van der Waals surface area contributed by atoms with Gasteiger partial charge in [0, 0.05) is 17.2 Å². The summed E-state index contributed by atoms with van der Waals surface area (Å²) in [4.78, 5) is 0. The fourth-order valence-electron chi connectivity index (χ4n) is 1.71. The summed E-state index contributed by atoms with van der Waals surface area (Å²) < 4.78 is 5.33. The van der Waals surface area contributed by atoms with Gasteiger partial charge in [-0.05, 0) is 24.3 Å². The summed E-state index contributed by atoms with van der Waals surface area (Å²) in [6.07, 6.45) is 0. The van der Waals surface area contributed by atoms with Crippen LogP contribution in [-0.2, 0) is 18.0 Å². The zero-order chi connectivity index (χ0) is 14.7. The van der Waals surface area contributed by atoms with Gasteiger partial charge < -0.3 is 25.2 Å². The van der Waals surface area contributed by atoms with Crippen molar-refractivity contribution in [3.63, 3.8) is 0 Å². The maximum Gasteiger partial charge on any atom is 0.139 e. The Morgan fingerprint density at radius 1 is 0.850 bits per heavy atom. The first-order valence-electron chi connectivity index (χ1n) is 5.76. The first kappa shape index (κ1) is 14.3. The molecule has 5 nitrogen and oxygen atoms in total. The molecule has 2 rings (SSSR count). The zero-order valence-corrected chi connectivity index (χ0v) is 11.1. The molecular formula is C14H13ClO5. The number of hydrogen-bond donors (Lipinski definition) is 4. The van der Waals surface area contributed by atoms with E-state index < -0.39 is 0 Å². The van der Waals surface area contributed by atoms with Gasteiger partial charge in [-0.2, -0.15) is 0 Å². The normalized spacial score (nSPS) is 10.7. The van der Waals surface area contributed by atoms with Crippen molar-refractivity contribution in [2.45, 2.75) is 13.2 Å². The van der Waals surface area contributed by atoms with Crippen LogP contribution < -0.4 is 0 Å². The Kier molecular flexibility index (Phi) is 4.22. The Hall–Kier alpha value is -2.11. The van der Waals surface area contributed by atoms with Gasteiger partial charge in [0.05, 0.1) is 18.2 Å². The number of phenols is 4. The second-order valence-corrected chi connectivity index (χ2v) is 4.65. The molecule has 0 aliphatic heterocycles. The minimum atomic E-state index is -0.162. The minimum absolute atomic E-state index is 0.000892. The molecule has 6 heteroatoms. The summed E-state index contributed by atoms with van der Waals surface area (Å²) in [5.41, 5.74) is 0.741. The van der Waals surface area contributed by atoms with Gasteiger partial charge in [0.2, 0.25) is 0 Å². The molecule has 0 saturated carbocycles. The second kappa shape index (κ2) is 5.90. The highest BCUT2D eigenvalue weighted by molar-refractivity contribution is 6.32. The van der Waals surface area contributed by atoms with Gasteiger partial charge in [0.25, 0.3) is 0 Å². The second-order valence-electron chi connectivity index (χ2n) is 4.24. The van der Waals surface area contributed by atoms with Crippen LogP contribution in [0.4, 0.5) is 0 Å². The van der Waals surface area contributed by atoms with E-state index in [1.165, 1.54) is 30.3 Å². The van der Waals surface area contributed by atoms with E-state index in [0.29, 0.717) is 11.1 Å². The summed E-state index contributed by atoms with van der Waals surface area (Å²) >= 11 is 5.72. The molecule has 0 bridgehead atoms. The Morgan fingerprint density at radius 3 is 2.25 bits per heavy atom. The summed E-state index contributed by atoms with van der Waals surface area (Å²) in [6.45, 7) is 0.0298. The van der Waals surface area contributed by atoms with Crippen LogP contribution in [0.25, 0.3) is 0 Å². The molecule has 0 amide bonds. The number of rotatable bonds is 4. The van der Waals surface area contributed by atoms with Gasteiger partial charge in [-0.25, -0.2) is 0 Å². The van der Waals surface area contributed by atoms with Crippen molar-refractivity contribution < 1.29 is 25.2 Å². The Morgan fingerprint density at radius 2 is 1.50 bits per heavy atom. The molecule has 2 aromatic carbocycles. The number of benzene rings is 2. The summed E-state index contributed by atoms with van der Waals surface area (Å²) in [6, 6.07) is 6.66. The van der Waals surface area contributed by atoms with Crippen molar-refractivity contribution in [1.82, 2.24) is 0 Å². The monoisotopic (exact) mass is 296 g/mol. The predicted molar refractivity (Wildman–Crippen MR) is 73.0 cm³/mol. The van der Waals surface area contributed by atoms with Gasteiger partial charge in [-0.15, -0.1) is 0 Å². The van der Waals surface area contributed by atoms with Crippen LogP contribution in [0.2, 0.25) is 5.02 Å². The van der Waals surface area contributed by atoms with Crippen molar-refractivity contribution in [3.8, 4) is 23.0 Å². The lowest BCUT2D eigenvalue weighted by Crippen LogP contribution is -1.95. The van der Waals surface area contributed by atoms with Gasteiger partial charge in [0.1, 0.15) is 23.0 Å². The smallest absolute Gasteiger partial charge is 0.139 e. The number of ether oxygens (including phenoxy) is 1. The maximum absolute atomic E-state index is 9.71. The summed E-state index contributed by atoms with van der Waals surface area (Å²) in [7, 11) is 0. The van der Waals surface area contributed by atoms with Crippen LogP contribution in [-0.4, -0.2) is 20.4 Å². The molecule has 106 valence electrons. The molecule has 0 saturated heterocycles. The van der Waals surface area contributed by atoms with Gasteiger partial charge in [-0.1, -0.05) is 11.6 Å². The molecule has 0 spiro atoms. The van der Waals surface area contributed by atoms with Gasteiger partial charge >= 0.3 is 0 Å². The number of phenolic OH excluding ortho intramolecular Hbond substituents is 4. The molecule has 20 heavy (non-hydrogen) atoms. The number of halogens is 1. The molecule has 0 aromatic heterocycles. The maximum atomic E-state index is 9.71. The highest BCUT2D eigenvalue weighted by Gasteiger charge is 2.09. The summed E-state index contributed by atoms with van der Waals surface area (Å²) in [5.74, 6) is -0.221. The third-order valence-corrected chi connectivity index (χ3v) is 2.99. The molecule has 0 heterocycles. The highest BCUT2D eigenvalue weighted by atomic mass is 35.5. The Balaban J connectivity index is 2.05. The van der Waals surface area contributed by atoms with Crippen LogP contribution in [0.3, 0.4) is 0 Å². The molecule has 0 aliphatic carbocycles. The van der Waals surface area contributed by atoms with E-state index in [-0.39, 0.29) is 41.2 Å². The lowest BCUT2D eigenvalue weighted by Gasteiger charge is -2.09. The van der Waals surface area contributed by atoms with E-state index >= 15 is 0 Å². The van der Waals surface area contributed by atoms with E-state index in [1.54, 1.807) is 0 Å². The van der Waals surface area contributed by atoms with Crippen LogP contribution in [0.5, 0.6) is 23.0 Å². The standard InChI is InChI=1S/C14H13ClO5/c15-12-5-11(17)4-9(14(12)19)7-20-6-8-3-10(16)1-2-13(8)18/h1-5,16-19H,6-7H2. The average molecular weight is 297 g/mol. The van der Waals surface area contributed by atoms with E-state index in [2.05, 4.69) is 0 Å². The SMILES string of the molecule is Oc1ccc(O)c(COCc2cc(O)cc(Cl)c2O)c1. The molecule has 0 radical (unpaired) electrons. The van der Waals surface area contributed by atoms with Crippen LogP contribution in [0.15, 0.2) is 30.3 Å². The zero-order valence-electron chi connectivity index (χ0n) is 10.4. The molecule has 0 aliphatic rings. The minimum Gasteiger partial charge on any atom is -0.508 e. The third-order valence-electron chi connectivity index (χ3n) is 2.71. The van der Waals surface area contributed by atoms with Crippen LogP contribution in [0, 0.1) is 0 Å². The number of aromatic hydroxyl groups is 4. The van der Waals surface area contributed by atoms with Crippen LogP contribution in [0.1, 0.15) is 11.1 Å². The van der Waals surface area contributed by atoms with Crippen LogP contribution >= 0.6 is 11.6 Å². The lowest BCUT2D eigenvalue weighted by molar-refractivity contribution is 0.103. The lowest BCUT2D eigenvalue weighted by atomic mass is 10.2. The van der Waals surface area contributed by atoms with E-state index in [4.69, 9.17) is 16.3 Å². The van der Waals surface area contributed by atoms with E-state index in [0.717, 1.165) is 0 Å². The predicted octanol–water partition coefficient (Wildman–Crippen LogP) is 2.88. The molecule has 4 N–H and O–H groups in total. The van der Waals surface area contributed by atoms with Crippen molar-refractivity contribution in [2.24, 2.45) is 0 Å². The van der Waals surface area contributed by atoms with Crippen molar-refractivity contribution in [1.29, 1.82) is 0 Å². The highest BCUT2D eigenvalue weighted by Crippen LogP contribution is 2.32. The fraction of sp³-hybridized carbons (Fsp3) is 0.143. The van der Waals surface area contributed by atoms with E-state index in [9.17, 15) is 20.4 Å². The summed E-state index contributed by atoms with van der Waals surface area (Å²) in [5, 5.41) is 38.0. The quantitative estimate of drug-likeness (QED) is 0.651. The molecule has 2 aromatic rings.